The molecule has 1 aliphatic rings. The molecule has 0 saturated heterocycles. The van der Waals surface area contributed by atoms with Crippen LogP contribution in [0, 0.1) is 11.8 Å². The first-order chi connectivity index (χ1) is 17.2. The first kappa shape index (κ1) is 26.0. The number of thiophene rings is 1. The van der Waals surface area contributed by atoms with Crippen molar-refractivity contribution in [3.8, 4) is 17.6 Å². The number of carbonyl (C=O) groups is 1. The fraction of sp³-hybridized carbons (Fsp3) is 0.387. The Labute approximate surface area is 218 Å². The summed E-state index contributed by atoms with van der Waals surface area (Å²) >= 11 is 1.99. The minimum atomic E-state index is -0.849. The molecule has 5 heteroatoms. The molecule has 0 amide bonds. The Hall–Kier alpha value is -3.07. The summed E-state index contributed by atoms with van der Waals surface area (Å²) in [5, 5.41) is 9.14. The van der Waals surface area contributed by atoms with Crippen LogP contribution < -0.4 is 4.74 Å². The SMILES string of the molecule is CC#CC(CC(=O)O)c1ccc(OCc2cccc(CN3CCc4sc(C(C)(C)C)cc4C3)c2)cc1. The minimum absolute atomic E-state index is 0.00364. The largest absolute Gasteiger partial charge is 0.489 e. The number of hydrogen-bond acceptors (Lipinski definition) is 4. The van der Waals surface area contributed by atoms with Gasteiger partial charge in [-0.2, -0.15) is 0 Å². The van der Waals surface area contributed by atoms with E-state index in [1.54, 1.807) is 11.8 Å². The predicted molar refractivity (Wildman–Crippen MR) is 146 cm³/mol. The van der Waals surface area contributed by atoms with Crippen molar-refractivity contribution in [2.24, 2.45) is 0 Å². The Morgan fingerprint density at radius 2 is 1.89 bits per heavy atom. The van der Waals surface area contributed by atoms with Crippen LogP contribution in [0.25, 0.3) is 0 Å². The summed E-state index contributed by atoms with van der Waals surface area (Å²) < 4.78 is 6.03. The molecule has 1 N–H and O–H groups in total. The number of benzene rings is 2. The third kappa shape index (κ3) is 6.78. The number of aliphatic carboxylic acids is 1. The van der Waals surface area contributed by atoms with Crippen LogP contribution in [0.4, 0.5) is 0 Å². The number of carboxylic acid groups (broad SMARTS) is 1. The molecule has 2 aromatic carbocycles. The van der Waals surface area contributed by atoms with Gasteiger partial charge in [0.2, 0.25) is 0 Å². The average Bonchev–Trinajstić information content (AvgIpc) is 3.27. The number of ether oxygens (including phenoxy) is 1. The zero-order valence-corrected chi connectivity index (χ0v) is 22.5. The summed E-state index contributed by atoms with van der Waals surface area (Å²) in [6.45, 7) is 12.1. The Bertz CT molecular complexity index is 1260. The highest BCUT2D eigenvalue weighted by molar-refractivity contribution is 7.12. The van der Waals surface area contributed by atoms with Crippen LogP contribution in [0.5, 0.6) is 5.75 Å². The van der Waals surface area contributed by atoms with Gasteiger partial charge in [-0.15, -0.1) is 17.3 Å². The van der Waals surface area contributed by atoms with Gasteiger partial charge in [0, 0.05) is 29.4 Å². The third-order valence-electron chi connectivity index (χ3n) is 6.47. The molecule has 1 aromatic heterocycles. The number of fused-ring (bicyclic) bond motifs is 1. The van der Waals surface area contributed by atoms with Crippen molar-refractivity contribution in [3.63, 3.8) is 0 Å². The monoisotopic (exact) mass is 501 g/mol. The topological polar surface area (TPSA) is 49.8 Å². The second-order valence-corrected chi connectivity index (χ2v) is 11.6. The van der Waals surface area contributed by atoms with Gasteiger partial charge in [0.25, 0.3) is 0 Å². The van der Waals surface area contributed by atoms with E-state index in [-0.39, 0.29) is 17.8 Å². The smallest absolute Gasteiger partial charge is 0.304 e. The molecule has 3 aromatic rings. The lowest BCUT2D eigenvalue weighted by molar-refractivity contribution is -0.137. The lowest BCUT2D eigenvalue weighted by atomic mass is 9.93. The van der Waals surface area contributed by atoms with Gasteiger partial charge in [0.1, 0.15) is 12.4 Å². The fourth-order valence-corrected chi connectivity index (χ4v) is 5.76. The van der Waals surface area contributed by atoms with Crippen molar-refractivity contribution in [2.75, 3.05) is 6.54 Å². The van der Waals surface area contributed by atoms with Crippen molar-refractivity contribution in [1.29, 1.82) is 0 Å². The van der Waals surface area contributed by atoms with Crippen LogP contribution in [0.1, 0.15) is 72.0 Å². The molecule has 2 heterocycles. The summed E-state index contributed by atoms with van der Waals surface area (Å²) in [5.74, 6) is 5.42. The van der Waals surface area contributed by atoms with E-state index in [1.165, 1.54) is 16.0 Å². The molecule has 36 heavy (non-hydrogen) atoms. The maximum absolute atomic E-state index is 11.1. The van der Waals surface area contributed by atoms with Gasteiger partial charge in [0.15, 0.2) is 0 Å². The highest BCUT2D eigenvalue weighted by Crippen LogP contribution is 2.35. The normalized spacial score (nSPS) is 14.4. The summed E-state index contributed by atoms with van der Waals surface area (Å²) in [4.78, 5) is 16.7. The lowest BCUT2D eigenvalue weighted by Crippen LogP contribution is -2.29. The Balaban J connectivity index is 1.34. The Morgan fingerprint density at radius 3 is 2.58 bits per heavy atom. The number of rotatable bonds is 8. The molecular weight excluding hydrogens is 466 g/mol. The van der Waals surface area contributed by atoms with Gasteiger partial charge in [-0.1, -0.05) is 63.1 Å². The van der Waals surface area contributed by atoms with E-state index >= 15 is 0 Å². The van der Waals surface area contributed by atoms with E-state index in [0.717, 1.165) is 42.9 Å². The summed E-state index contributed by atoms with van der Waals surface area (Å²) in [7, 11) is 0. The van der Waals surface area contributed by atoms with E-state index in [2.05, 4.69) is 67.8 Å². The Kier molecular flexibility index (Phi) is 8.18. The van der Waals surface area contributed by atoms with E-state index in [4.69, 9.17) is 9.84 Å². The quantitative estimate of drug-likeness (QED) is 0.346. The summed E-state index contributed by atoms with van der Waals surface area (Å²) in [5.41, 5.74) is 5.04. The average molecular weight is 502 g/mol. The van der Waals surface area contributed by atoms with E-state index < -0.39 is 5.97 Å². The molecule has 0 fully saturated rings. The fourth-order valence-electron chi connectivity index (χ4n) is 4.54. The van der Waals surface area contributed by atoms with Crippen molar-refractivity contribution < 1.29 is 14.6 Å². The molecule has 1 aliphatic heterocycles. The molecular formula is C31H35NO3S. The maximum Gasteiger partial charge on any atom is 0.304 e. The van der Waals surface area contributed by atoms with E-state index in [0.29, 0.717) is 6.61 Å². The second kappa shape index (κ2) is 11.3. The second-order valence-electron chi connectivity index (χ2n) is 10.5. The standard InChI is InChI=1S/C31H35NO3S/c1-5-7-25(18-30(33)34)24-10-12-27(13-11-24)35-21-23-9-6-8-22(16-23)19-32-15-14-28-26(20-32)17-29(36-28)31(2,3)4/h6,8-13,16-17,25H,14-15,18-21H2,1-4H3,(H,33,34). The molecule has 4 rings (SSSR count). The lowest BCUT2D eigenvalue weighted by Gasteiger charge is -2.27. The van der Waals surface area contributed by atoms with Crippen LogP contribution in [-0.4, -0.2) is 22.5 Å². The van der Waals surface area contributed by atoms with Crippen LogP contribution in [-0.2, 0) is 36.3 Å². The number of nitrogens with zero attached hydrogens (tertiary/aromatic N) is 1. The maximum atomic E-state index is 11.1. The van der Waals surface area contributed by atoms with Gasteiger partial charge in [-0.25, -0.2) is 0 Å². The number of hydrogen-bond donors (Lipinski definition) is 1. The predicted octanol–water partition coefficient (Wildman–Crippen LogP) is 6.76. The zero-order chi connectivity index (χ0) is 25.7. The molecule has 1 unspecified atom stereocenters. The highest BCUT2D eigenvalue weighted by Gasteiger charge is 2.24. The molecule has 1 atom stereocenters. The minimum Gasteiger partial charge on any atom is -0.489 e. The molecule has 0 bridgehead atoms. The van der Waals surface area contributed by atoms with Gasteiger partial charge >= 0.3 is 5.97 Å². The van der Waals surface area contributed by atoms with Crippen LogP contribution >= 0.6 is 11.3 Å². The first-order valence-electron chi connectivity index (χ1n) is 12.5. The summed E-state index contributed by atoms with van der Waals surface area (Å²) in [6.07, 6.45) is 1.13. The zero-order valence-electron chi connectivity index (χ0n) is 21.6. The molecule has 188 valence electrons. The third-order valence-corrected chi connectivity index (χ3v) is 8.13. The van der Waals surface area contributed by atoms with Gasteiger partial charge in [-0.05, 0) is 59.2 Å². The van der Waals surface area contributed by atoms with Crippen molar-refractivity contribution in [3.05, 3.63) is 86.6 Å². The van der Waals surface area contributed by atoms with Crippen LogP contribution in [0.15, 0.2) is 54.6 Å². The molecule has 0 saturated carbocycles. The molecule has 0 spiro atoms. The van der Waals surface area contributed by atoms with E-state index in [9.17, 15) is 4.79 Å². The van der Waals surface area contributed by atoms with Crippen molar-refractivity contribution >= 4 is 17.3 Å². The van der Waals surface area contributed by atoms with Crippen LogP contribution in [0.2, 0.25) is 0 Å². The van der Waals surface area contributed by atoms with Gasteiger partial charge in [-0.3, -0.25) is 9.69 Å². The summed E-state index contributed by atoms with van der Waals surface area (Å²) in [6, 6.07) is 18.6. The van der Waals surface area contributed by atoms with Crippen molar-refractivity contribution in [2.45, 2.75) is 71.6 Å². The molecule has 4 nitrogen and oxygen atoms in total. The first-order valence-corrected chi connectivity index (χ1v) is 13.3. The van der Waals surface area contributed by atoms with Crippen LogP contribution in [0.3, 0.4) is 0 Å². The number of carboxylic acids is 1. The van der Waals surface area contributed by atoms with Crippen molar-refractivity contribution in [1.82, 2.24) is 4.90 Å². The van der Waals surface area contributed by atoms with Gasteiger partial charge in [0.05, 0.1) is 12.3 Å². The molecule has 0 radical (unpaired) electrons. The Morgan fingerprint density at radius 1 is 1.14 bits per heavy atom. The highest BCUT2D eigenvalue weighted by atomic mass is 32.1. The molecule has 0 aliphatic carbocycles. The van der Waals surface area contributed by atoms with Gasteiger partial charge < -0.3 is 9.84 Å². The van der Waals surface area contributed by atoms with E-state index in [1.807, 2.05) is 35.6 Å².